The minimum Gasteiger partial charge on any atom is -0.337 e. The van der Waals surface area contributed by atoms with Crippen molar-refractivity contribution in [3.05, 3.63) is 76.3 Å². The van der Waals surface area contributed by atoms with Crippen molar-refractivity contribution in [2.75, 3.05) is 16.9 Å². The number of aryl methyl sites for hydroxylation is 1. The Morgan fingerprint density at radius 1 is 0.974 bits per heavy atom. The smallest absolute Gasteiger partial charge is 0.337 e. The molecule has 0 atom stereocenters. The van der Waals surface area contributed by atoms with E-state index in [1.165, 1.54) is 30.2 Å². The van der Waals surface area contributed by atoms with Crippen LogP contribution >= 0.6 is 0 Å². The van der Waals surface area contributed by atoms with E-state index in [4.69, 9.17) is 0 Å². The maximum Gasteiger partial charge on any atom is 0.416 e. The first-order valence-electron chi connectivity index (χ1n) is 11.5. The molecule has 39 heavy (non-hydrogen) atoms. The number of carbonyl (C=O) groups excluding carboxylic acids is 1. The highest BCUT2D eigenvalue weighted by molar-refractivity contribution is 7.91. The van der Waals surface area contributed by atoms with Crippen molar-refractivity contribution < 1.29 is 26.4 Å². The van der Waals surface area contributed by atoms with Crippen LogP contribution in [0.15, 0.2) is 59.7 Å². The number of halogens is 3. The predicted molar refractivity (Wildman–Crippen MR) is 140 cm³/mol. The molecule has 0 aliphatic carbocycles. The maximum absolute atomic E-state index is 13.1. The number of nitrogens with zero attached hydrogens (tertiary/aromatic N) is 4. The zero-order valence-electron chi connectivity index (χ0n) is 21.4. The van der Waals surface area contributed by atoms with E-state index in [0.29, 0.717) is 16.9 Å². The summed E-state index contributed by atoms with van der Waals surface area (Å²) in [6.07, 6.45) is -2.13. The molecule has 0 bridgehead atoms. The average molecular weight is 563 g/mol. The highest BCUT2D eigenvalue weighted by Gasteiger charge is 2.32. The average Bonchev–Trinajstić information content (AvgIpc) is 3.15. The third-order valence-electron chi connectivity index (χ3n) is 6.39. The van der Waals surface area contributed by atoms with Crippen LogP contribution in [-0.4, -0.2) is 39.9 Å². The Morgan fingerprint density at radius 2 is 1.54 bits per heavy atom. The largest absolute Gasteiger partial charge is 0.416 e. The molecule has 10 nitrogen and oxygen atoms in total. The van der Waals surface area contributed by atoms with Gasteiger partial charge in [-0.15, -0.1) is 0 Å². The van der Waals surface area contributed by atoms with Gasteiger partial charge in [-0.25, -0.2) is 13.4 Å². The van der Waals surface area contributed by atoms with Crippen LogP contribution in [0.1, 0.15) is 25.0 Å². The molecular weight excluding hydrogens is 537 g/mol. The van der Waals surface area contributed by atoms with Crippen molar-refractivity contribution in [3.63, 3.8) is 0 Å². The number of amides is 1. The van der Waals surface area contributed by atoms with Gasteiger partial charge >= 0.3 is 6.18 Å². The van der Waals surface area contributed by atoms with Gasteiger partial charge in [0.05, 0.1) is 16.6 Å². The normalized spacial score (nSPS) is 12.5. The minimum atomic E-state index is -4.46. The monoisotopic (exact) mass is 562 g/mol. The van der Waals surface area contributed by atoms with Crippen molar-refractivity contribution >= 4 is 44.0 Å². The number of alkyl halides is 3. The number of nitrogens with one attached hydrogen (secondary N) is 2. The van der Waals surface area contributed by atoms with Gasteiger partial charge in [0, 0.05) is 24.7 Å². The Balaban J connectivity index is 1.51. The van der Waals surface area contributed by atoms with Crippen molar-refractivity contribution in [2.45, 2.75) is 31.3 Å². The summed E-state index contributed by atoms with van der Waals surface area (Å²) in [5, 5.41) is 9.74. The van der Waals surface area contributed by atoms with Crippen molar-refractivity contribution in [2.24, 2.45) is 7.05 Å². The first kappa shape index (κ1) is 27.8. The Morgan fingerprint density at radius 3 is 2.10 bits per heavy atom. The quantitative estimate of drug-likeness (QED) is 0.351. The Labute approximate surface area is 221 Å². The Bertz CT molecular complexity index is 1710. The lowest BCUT2D eigenvalue weighted by Crippen LogP contribution is -2.29. The fraction of sp³-hybridized carbons (Fsp3) is 0.280. The lowest BCUT2D eigenvalue weighted by atomic mass is 10.0. The first-order chi connectivity index (χ1) is 18.1. The molecule has 2 aromatic heterocycles. The summed E-state index contributed by atoms with van der Waals surface area (Å²) in [5.41, 5.74) is 0.224. The van der Waals surface area contributed by atoms with Gasteiger partial charge in [0.2, 0.25) is 5.91 Å². The summed E-state index contributed by atoms with van der Waals surface area (Å²) in [6.45, 7) is 2.83. The molecule has 0 radical (unpaired) electrons. The van der Waals surface area contributed by atoms with Crippen LogP contribution < -0.4 is 16.2 Å². The topological polar surface area (TPSA) is 128 Å². The summed E-state index contributed by atoms with van der Waals surface area (Å²) >= 11 is 0. The molecule has 0 saturated carbocycles. The summed E-state index contributed by atoms with van der Waals surface area (Å²) in [7, 11) is -1.86. The van der Waals surface area contributed by atoms with Gasteiger partial charge in [-0.2, -0.15) is 18.3 Å². The van der Waals surface area contributed by atoms with Gasteiger partial charge in [-0.05, 0) is 55.8 Å². The summed E-state index contributed by atoms with van der Waals surface area (Å²) < 4.78 is 63.8. The molecule has 2 heterocycles. The van der Waals surface area contributed by atoms with E-state index in [0.717, 1.165) is 23.0 Å². The van der Waals surface area contributed by atoms with E-state index >= 15 is 0 Å². The van der Waals surface area contributed by atoms with Gasteiger partial charge in [0.1, 0.15) is 12.1 Å². The fourth-order valence-corrected chi connectivity index (χ4v) is 4.36. The molecule has 14 heteroatoms. The molecular formula is C25H25F3N6O4S. The van der Waals surface area contributed by atoms with Gasteiger partial charge in [0.25, 0.3) is 5.56 Å². The number of aromatic nitrogens is 4. The number of benzene rings is 2. The second kappa shape index (κ2) is 9.84. The highest BCUT2D eigenvalue weighted by Crippen LogP contribution is 2.31. The molecule has 0 spiro atoms. The predicted octanol–water partition coefficient (Wildman–Crippen LogP) is 3.81. The molecule has 0 fully saturated rings. The fourth-order valence-electron chi connectivity index (χ4n) is 3.79. The van der Waals surface area contributed by atoms with Crippen LogP contribution in [0.5, 0.6) is 0 Å². The minimum absolute atomic E-state index is 0.0899. The zero-order chi connectivity index (χ0) is 28.8. The molecule has 1 amide bonds. The molecule has 2 aromatic carbocycles. The Kier molecular flexibility index (Phi) is 7.02. The molecule has 206 valence electrons. The van der Waals surface area contributed by atoms with Crippen molar-refractivity contribution in [3.8, 4) is 0 Å². The highest BCUT2D eigenvalue weighted by atomic mass is 32.2. The van der Waals surface area contributed by atoms with Gasteiger partial charge in [0.15, 0.2) is 21.2 Å². The van der Waals surface area contributed by atoms with Crippen LogP contribution in [0.4, 0.5) is 30.4 Å². The summed E-state index contributed by atoms with van der Waals surface area (Å²) in [5.74, 6) is -0.350. The molecule has 0 saturated heterocycles. The molecule has 0 unspecified atom stereocenters. The maximum atomic E-state index is 13.1. The summed E-state index contributed by atoms with van der Waals surface area (Å²) in [4.78, 5) is 29.9. The van der Waals surface area contributed by atoms with Crippen LogP contribution in [-0.2, 0) is 39.1 Å². The number of hydrogen-bond donors (Lipinski definition) is 2. The third-order valence-corrected chi connectivity index (χ3v) is 8.48. The number of anilines is 3. The molecule has 2 N–H and O–H groups in total. The van der Waals surface area contributed by atoms with E-state index < -0.39 is 37.8 Å². The molecule has 0 aliphatic heterocycles. The number of rotatable bonds is 7. The van der Waals surface area contributed by atoms with E-state index in [1.54, 1.807) is 38.1 Å². The van der Waals surface area contributed by atoms with Gasteiger partial charge in [-0.1, -0.05) is 12.1 Å². The zero-order valence-corrected chi connectivity index (χ0v) is 22.2. The van der Waals surface area contributed by atoms with Gasteiger partial charge < -0.3 is 10.6 Å². The lowest BCUT2D eigenvalue weighted by Gasteiger charge is -2.23. The van der Waals surface area contributed by atoms with E-state index in [2.05, 4.69) is 20.7 Å². The number of carbonyl (C=O) groups is 1. The lowest BCUT2D eigenvalue weighted by molar-refractivity contribution is -0.137. The Hall–Kier alpha value is -4.20. The van der Waals surface area contributed by atoms with E-state index in [9.17, 15) is 31.2 Å². The van der Waals surface area contributed by atoms with Crippen LogP contribution in [0.3, 0.4) is 0 Å². The van der Waals surface area contributed by atoms with Crippen molar-refractivity contribution in [1.29, 1.82) is 0 Å². The third kappa shape index (κ3) is 5.65. The van der Waals surface area contributed by atoms with Gasteiger partial charge in [-0.3, -0.25) is 18.8 Å². The van der Waals surface area contributed by atoms with Crippen LogP contribution in [0.25, 0.3) is 11.0 Å². The van der Waals surface area contributed by atoms with E-state index in [-0.39, 0.29) is 23.4 Å². The number of sulfone groups is 1. The van der Waals surface area contributed by atoms with E-state index in [1.807, 2.05) is 0 Å². The second-order valence-corrected chi connectivity index (χ2v) is 12.0. The second-order valence-electron chi connectivity index (χ2n) is 9.46. The number of hydrogen-bond acceptors (Lipinski definition) is 7. The molecule has 0 aliphatic rings. The first-order valence-corrected chi connectivity index (χ1v) is 13.4. The molecule has 4 rings (SSSR count). The SMILES string of the molecule is Cn1nc(Nc2ccc(C(F)(F)F)cc2)c2ncn(CC(=O)Nc3ccc(C(C)(C)S(C)(=O)=O)cc3)c(=O)c21. The van der Waals surface area contributed by atoms with Crippen LogP contribution in [0.2, 0.25) is 0 Å². The number of fused-ring (bicyclic) bond motifs is 1. The van der Waals surface area contributed by atoms with Crippen molar-refractivity contribution in [1.82, 2.24) is 19.3 Å². The molecule has 4 aromatic rings. The summed E-state index contributed by atoms with van der Waals surface area (Å²) in [6, 6.07) is 10.7. The van der Waals surface area contributed by atoms with Crippen LogP contribution in [0, 0.1) is 0 Å². The standard InChI is InChI=1S/C25H25F3N6O4S/c1-24(2,39(4,37)38)15-5-9-17(10-6-15)30-19(35)13-34-14-29-20-21(23(34)36)33(3)32-22(20)31-18-11-7-16(8-12-18)25(26,27)28/h5-12,14H,13H2,1-4H3,(H,30,35)(H,31,32).